The number of hydrogen-bond donors (Lipinski definition) is 0. The molecule has 0 radical (unpaired) electrons. The molecule has 0 saturated heterocycles. The van der Waals surface area contributed by atoms with Gasteiger partial charge in [0.2, 0.25) is 0 Å². The number of fused-ring (bicyclic) bond motifs is 1. The van der Waals surface area contributed by atoms with E-state index in [1.165, 1.54) is 16.9 Å². The Morgan fingerprint density at radius 2 is 2.00 bits per heavy atom. The smallest absolute Gasteiger partial charge is 0.122 e. The summed E-state index contributed by atoms with van der Waals surface area (Å²) in [5.74, 6) is 0. The average molecular weight is 326 g/mol. The molecule has 0 unspecified atom stereocenters. The van der Waals surface area contributed by atoms with Crippen molar-refractivity contribution in [1.82, 2.24) is 4.57 Å². The highest BCUT2D eigenvalue weighted by atomic mass is 79.9. The Balaban J connectivity index is 1.96. The summed E-state index contributed by atoms with van der Waals surface area (Å²) in [7, 11) is -0.981. The molecule has 1 aromatic heterocycles. The van der Waals surface area contributed by atoms with Crippen LogP contribution in [0.1, 0.15) is 0 Å². The second kappa shape index (κ2) is 5.59. The van der Waals surface area contributed by atoms with Crippen LogP contribution in [0.5, 0.6) is 0 Å². The van der Waals surface area contributed by atoms with Crippen LogP contribution in [0.2, 0.25) is 25.7 Å². The number of nitrogens with zero attached hydrogens (tertiary/aromatic N) is 1. The minimum absolute atomic E-state index is 0.648. The molecule has 0 fully saturated rings. The normalized spacial score (nSPS) is 12.2. The van der Waals surface area contributed by atoms with Crippen molar-refractivity contribution in [2.24, 2.45) is 0 Å². The summed E-state index contributed by atoms with van der Waals surface area (Å²) < 4.78 is 9.06. The van der Waals surface area contributed by atoms with E-state index in [1.54, 1.807) is 0 Å². The first-order chi connectivity index (χ1) is 8.46. The lowest BCUT2D eigenvalue weighted by atomic mass is 10.2. The summed E-state index contributed by atoms with van der Waals surface area (Å²) in [6, 6.07) is 9.68. The van der Waals surface area contributed by atoms with Crippen molar-refractivity contribution in [2.45, 2.75) is 32.4 Å². The van der Waals surface area contributed by atoms with Gasteiger partial charge in [0.05, 0.1) is 5.52 Å². The molecule has 2 aromatic rings. The highest BCUT2D eigenvalue weighted by Crippen LogP contribution is 2.21. The van der Waals surface area contributed by atoms with Crippen LogP contribution in [0.4, 0.5) is 0 Å². The van der Waals surface area contributed by atoms with Crippen LogP contribution in [0.15, 0.2) is 34.9 Å². The lowest BCUT2D eigenvalue weighted by molar-refractivity contribution is 0.0902. The summed E-state index contributed by atoms with van der Waals surface area (Å²) in [6.07, 6.45) is 2.09. The molecule has 2 nitrogen and oxygen atoms in total. The van der Waals surface area contributed by atoms with Gasteiger partial charge in [-0.05, 0) is 24.3 Å². The molecule has 99 valence electrons. The summed E-state index contributed by atoms with van der Waals surface area (Å²) >= 11 is 3.49. The van der Waals surface area contributed by atoms with Gasteiger partial charge < -0.3 is 9.30 Å². The third kappa shape index (κ3) is 3.70. The summed E-state index contributed by atoms with van der Waals surface area (Å²) in [4.78, 5) is 0. The van der Waals surface area contributed by atoms with E-state index in [1.807, 2.05) is 0 Å². The minimum atomic E-state index is -0.981. The highest BCUT2D eigenvalue weighted by Gasteiger charge is 2.03. The molecular weight excluding hydrogens is 306 g/mol. The predicted molar refractivity (Wildman–Crippen MR) is 83.7 cm³/mol. The van der Waals surface area contributed by atoms with E-state index in [0.29, 0.717) is 6.73 Å². The van der Waals surface area contributed by atoms with Crippen LogP contribution in [0, 0.1) is 0 Å². The fourth-order valence-corrected chi connectivity index (χ4v) is 2.96. The maximum atomic E-state index is 5.78. The van der Waals surface area contributed by atoms with Gasteiger partial charge in [0.25, 0.3) is 0 Å². The molecule has 0 saturated carbocycles. The SMILES string of the molecule is C[Si-](C)(C)CCOCn1ccc2cc(Br)ccc21. The molecule has 0 atom stereocenters. The zero-order valence-corrected chi connectivity index (χ0v) is 13.8. The topological polar surface area (TPSA) is 14.2 Å². The summed E-state index contributed by atoms with van der Waals surface area (Å²) in [6.45, 7) is 8.64. The van der Waals surface area contributed by atoms with E-state index < -0.39 is 8.07 Å². The lowest BCUT2D eigenvalue weighted by Gasteiger charge is -2.26. The maximum absolute atomic E-state index is 5.78. The zero-order chi connectivity index (χ0) is 13.2. The number of halogens is 1. The third-order valence-corrected chi connectivity index (χ3v) is 5.16. The number of benzene rings is 1. The van der Waals surface area contributed by atoms with Crippen LogP contribution in [0.25, 0.3) is 10.9 Å². The van der Waals surface area contributed by atoms with E-state index in [0.717, 1.165) is 11.1 Å². The Morgan fingerprint density at radius 1 is 1.22 bits per heavy atom. The van der Waals surface area contributed by atoms with E-state index in [9.17, 15) is 0 Å². The first kappa shape index (κ1) is 13.8. The van der Waals surface area contributed by atoms with E-state index in [4.69, 9.17) is 4.74 Å². The molecule has 1 aromatic carbocycles. The van der Waals surface area contributed by atoms with Crippen molar-refractivity contribution in [1.29, 1.82) is 0 Å². The fraction of sp³-hybridized carbons (Fsp3) is 0.429. The van der Waals surface area contributed by atoms with Crippen molar-refractivity contribution >= 4 is 34.9 Å². The van der Waals surface area contributed by atoms with Gasteiger partial charge in [-0.3, -0.25) is 0 Å². The van der Waals surface area contributed by atoms with Gasteiger partial charge in [0, 0.05) is 22.7 Å². The van der Waals surface area contributed by atoms with Crippen molar-refractivity contribution in [3.63, 3.8) is 0 Å². The minimum Gasteiger partial charge on any atom is -0.364 e. The lowest BCUT2D eigenvalue weighted by Crippen LogP contribution is -2.21. The Hall–Kier alpha value is -0.583. The molecule has 0 aliphatic rings. The van der Waals surface area contributed by atoms with Gasteiger partial charge in [-0.1, -0.05) is 15.9 Å². The van der Waals surface area contributed by atoms with Crippen LogP contribution in [-0.2, 0) is 11.5 Å². The van der Waals surface area contributed by atoms with Crippen molar-refractivity contribution in [3.05, 3.63) is 34.9 Å². The van der Waals surface area contributed by atoms with Crippen molar-refractivity contribution in [2.75, 3.05) is 6.61 Å². The van der Waals surface area contributed by atoms with Gasteiger partial charge in [-0.15, -0.1) is 14.1 Å². The average Bonchev–Trinajstić information content (AvgIpc) is 2.65. The first-order valence-electron chi connectivity index (χ1n) is 6.28. The van der Waals surface area contributed by atoms with Crippen molar-refractivity contribution < 1.29 is 4.74 Å². The third-order valence-electron chi connectivity index (χ3n) is 2.96. The van der Waals surface area contributed by atoms with Crippen LogP contribution in [0.3, 0.4) is 0 Å². The Bertz CT molecular complexity index is 530. The molecule has 4 heteroatoms. The van der Waals surface area contributed by atoms with Gasteiger partial charge in [0.1, 0.15) is 6.73 Å². The number of hydrogen-bond acceptors (Lipinski definition) is 1. The van der Waals surface area contributed by atoms with Crippen LogP contribution in [-0.4, -0.2) is 19.2 Å². The second-order valence-corrected chi connectivity index (χ2v) is 12.4. The zero-order valence-electron chi connectivity index (χ0n) is 11.2. The van der Waals surface area contributed by atoms with Crippen LogP contribution < -0.4 is 0 Å². The van der Waals surface area contributed by atoms with Crippen molar-refractivity contribution in [3.8, 4) is 0 Å². The van der Waals surface area contributed by atoms with E-state index in [2.05, 4.69) is 70.6 Å². The fourth-order valence-electron chi connectivity index (χ4n) is 1.82. The monoisotopic (exact) mass is 325 g/mol. The number of rotatable bonds is 5. The van der Waals surface area contributed by atoms with Gasteiger partial charge in [-0.25, -0.2) is 0 Å². The molecule has 0 amide bonds. The van der Waals surface area contributed by atoms with Gasteiger partial charge in [-0.2, -0.15) is 19.6 Å². The standard InChI is InChI=1S/C14H20BrNOSi/c1-18(2,3)9-8-17-11-16-7-6-12-10-13(15)4-5-14(12)16/h4-7,10H,8-9,11H2,1-3H3/q-1. The van der Waals surface area contributed by atoms with Gasteiger partial charge in [0.15, 0.2) is 0 Å². The Kier molecular flexibility index (Phi) is 4.30. The highest BCUT2D eigenvalue weighted by molar-refractivity contribution is 9.10. The number of aromatic nitrogens is 1. The molecule has 0 bridgehead atoms. The molecule has 0 N–H and O–H groups in total. The largest absolute Gasteiger partial charge is 0.364 e. The first-order valence-corrected chi connectivity index (χ1v) is 10.8. The maximum Gasteiger partial charge on any atom is 0.122 e. The van der Waals surface area contributed by atoms with Crippen LogP contribution >= 0.6 is 15.9 Å². The molecule has 1 heterocycles. The number of ether oxygens (including phenoxy) is 1. The molecule has 18 heavy (non-hydrogen) atoms. The Morgan fingerprint density at radius 3 is 2.72 bits per heavy atom. The van der Waals surface area contributed by atoms with E-state index in [-0.39, 0.29) is 0 Å². The molecule has 0 spiro atoms. The quantitative estimate of drug-likeness (QED) is 0.573. The second-order valence-electron chi connectivity index (χ2n) is 5.84. The predicted octanol–water partition coefficient (Wildman–Crippen LogP) is 4.72. The van der Waals surface area contributed by atoms with Gasteiger partial charge >= 0.3 is 0 Å². The van der Waals surface area contributed by atoms with E-state index >= 15 is 0 Å². The summed E-state index contributed by atoms with van der Waals surface area (Å²) in [5.41, 5.74) is 1.23. The molecule has 0 aliphatic heterocycles. The molecule has 2 rings (SSSR count). The molecule has 0 aliphatic carbocycles. The molecular formula is C14H20BrNOSi-. The Labute approximate surface area is 118 Å². The summed E-state index contributed by atoms with van der Waals surface area (Å²) in [5, 5.41) is 1.25.